The van der Waals surface area contributed by atoms with E-state index in [1.165, 1.54) is 6.07 Å². The highest BCUT2D eigenvalue weighted by atomic mass is 32.1. The molecule has 0 radical (unpaired) electrons. The zero-order chi connectivity index (χ0) is 15.0. The van der Waals surface area contributed by atoms with Crippen molar-refractivity contribution in [3.8, 4) is 5.75 Å². The van der Waals surface area contributed by atoms with E-state index in [2.05, 4.69) is 9.59 Å². The maximum atomic E-state index is 13.5. The van der Waals surface area contributed by atoms with E-state index in [0.717, 1.165) is 17.6 Å². The zero-order valence-corrected chi connectivity index (χ0v) is 11.0. The Bertz CT molecular complexity index is 851. The van der Waals surface area contributed by atoms with Crippen molar-refractivity contribution >= 4 is 27.7 Å². The number of benzene rings is 2. The van der Waals surface area contributed by atoms with E-state index in [-0.39, 0.29) is 5.56 Å². The molecule has 3 rings (SSSR count). The van der Waals surface area contributed by atoms with Gasteiger partial charge in [0, 0.05) is 0 Å². The fraction of sp³-hybridized carbons (Fsp3) is 0. The molecular weight excluding hydrogens is 305 g/mol. The first-order valence-corrected chi connectivity index (χ1v) is 6.42. The molecule has 2 aromatic carbocycles. The van der Waals surface area contributed by atoms with Gasteiger partial charge in [-0.25, -0.2) is 13.6 Å². The van der Waals surface area contributed by atoms with Crippen LogP contribution in [0.2, 0.25) is 0 Å². The molecule has 0 spiro atoms. The number of ether oxygens (including phenoxy) is 1. The van der Waals surface area contributed by atoms with Gasteiger partial charge in [0.05, 0.1) is 10.3 Å². The molecule has 0 unspecified atom stereocenters. The average molecular weight is 310 g/mol. The van der Waals surface area contributed by atoms with Gasteiger partial charge in [-0.05, 0) is 35.8 Å². The molecule has 0 saturated heterocycles. The van der Waals surface area contributed by atoms with Crippen LogP contribution < -0.4 is 4.74 Å². The Kier molecular flexibility index (Phi) is 3.30. The number of halogens is 3. The standard InChI is InChI=1S/C13H5F3N2O2S/c14-7-4-5-9(11(16)10(7)15)20-13(19)6-2-1-3-8-12(6)21-18-17-8/h1-5H. The molecule has 106 valence electrons. The number of rotatable bonds is 2. The van der Waals surface area contributed by atoms with Gasteiger partial charge in [0.25, 0.3) is 0 Å². The third-order valence-electron chi connectivity index (χ3n) is 2.70. The molecule has 0 atom stereocenters. The SMILES string of the molecule is O=C(Oc1ccc(F)c(F)c1F)c1cccc2nnsc12. The summed E-state index contributed by atoms with van der Waals surface area (Å²) in [6.07, 6.45) is 0. The van der Waals surface area contributed by atoms with Crippen LogP contribution in [0.3, 0.4) is 0 Å². The Morgan fingerprint density at radius 2 is 1.90 bits per heavy atom. The third kappa shape index (κ3) is 2.33. The van der Waals surface area contributed by atoms with E-state index in [1.54, 1.807) is 12.1 Å². The Balaban J connectivity index is 1.97. The molecule has 0 aliphatic rings. The summed E-state index contributed by atoms with van der Waals surface area (Å²) in [5, 5.41) is 3.79. The number of hydrogen-bond donors (Lipinski definition) is 0. The van der Waals surface area contributed by atoms with Crippen LogP contribution in [0.4, 0.5) is 13.2 Å². The minimum atomic E-state index is -1.70. The van der Waals surface area contributed by atoms with Crippen molar-refractivity contribution in [2.75, 3.05) is 0 Å². The summed E-state index contributed by atoms with van der Waals surface area (Å²) in [7, 11) is 0. The second kappa shape index (κ2) is 5.13. The number of aromatic nitrogens is 2. The number of nitrogens with zero attached hydrogens (tertiary/aromatic N) is 2. The molecule has 1 aromatic heterocycles. The molecule has 3 aromatic rings. The van der Waals surface area contributed by atoms with Gasteiger partial charge in [-0.2, -0.15) is 4.39 Å². The minimum Gasteiger partial charge on any atom is -0.420 e. The maximum Gasteiger partial charge on any atom is 0.345 e. The molecule has 0 fully saturated rings. The van der Waals surface area contributed by atoms with Gasteiger partial charge < -0.3 is 4.74 Å². The topological polar surface area (TPSA) is 52.1 Å². The molecular formula is C13H5F3N2O2S. The van der Waals surface area contributed by atoms with Crippen LogP contribution in [0.5, 0.6) is 5.75 Å². The van der Waals surface area contributed by atoms with E-state index < -0.39 is 29.2 Å². The average Bonchev–Trinajstić information content (AvgIpc) is 2.96. The highest BCUT2D eigenvalue weighted by Gasteiger charge is 2.20. The Morgan fingerprint density at radius 1 is 1.10 bits per heavy atom. The van der Waals surface area contributed by atoms with Gasteiger partial charge >= 0.3 is 5.97 Å². The lowest BCUT2D eigenvalue weighted by atomic mass is 10.2. The lowest BCUT2D eigenvalue weighted by Gasteiger charge is -2.06. The summed E-state index contributed by atoms with van der Waals surface area (Å²) in [5.74, 6) is -6.21. The van der Waals surface area contributed by atoms with Crippen molar-refractivity contribution < 1.29 is 22.7 Å². The van der Waals surface area contributed by atoms with Crippen molar-refractivity contribution in [3.63, 3.8) is 0 Å². The van der Waals surface area contributed by atoms with Crippen LogP contribution in [0.1, 0.15) is 10.4 Å². The van der Waals surface area contributed by atoms with E-state index in [9.17, 15) is 18.0 Å². The number of carbonyl (C=O) groups is 1. The van der Waals surface area contributed by atoms with E-state index >= 15 is 0 Å². The maximum absolute atomic E-state index is 13.5. The van der Waals surface area contributed by atoms with Crippen molar-refractivity contribution in [2.45, 2.75) is 0 Å². The zero-order valence-electron chi connectivity index (χ0n) is 10.1. The number of esters is 1. The van der Waals surface area contributed by atoms with E-state index in [0.29, 0.717) is 16.3 Å². The minimum absolute atomic E-state index is 0.117. The predicted octanol–water partition coefficient (Wildman–Crippen LogP) is 3.33. The van der Waals surface area contributed by atoms with Crippen LogP contribution in [0.25, 0.3) is 10.2 Å². The third-order valence-corrected chi connectivity index (χ3v) is 3.47. The van der Waals surface area contributed by atoms with Gasteiger partial charge in [-0.15, -0.1) is 5.10 Å². The first-order chi connectivity index (χ1) is 10.1. The molecule has 0 saturated carbocycles. The Hall–Kier alpha value is -2.48. The highest BCUT2D eigenvalue weighted by molar-refractivity contribution is 7.13. The van der Waals surface area contributed by atoms with E-state index in [4.69, 9.17) is 4.74 Å². The smallest absolute Gasteiger partial charge is 0.345 e. The molecule has 0 aliphatic heterocycles. The lowest BCUT2D eigenvalue weighted by Crippen LogP contribution is -2.10. The second-order valence-corrected chi connectivity index (χ2v) is 4.74. The first-order valence-electron chi connectivity index (χ1n) is 5.64. The summed E-state index contributed by atoms with van der Waals surface area (Å²) in [5.41, 5.74) is 0.604. The molecule has 0 N–H and O–H groups in total. The quantitative estimate of drug-likeness (QED) is 0.414. The normalized spacial score (nSPS) is 10.8. The fourth-order valence-corrected chi connectivity index (χ4v) is 2.37. The Labute approximate surface area is 119 Å². The molecule has 0 aliphatic carbocycles. The van der Waals surface area contributed by atoms with Crippen molar-refractivity contribution in [1.29, 1.82) is 0 Å². The highest BCUT2D eigenvalue weighted by Crippen LogP contribution is 2.25. The van der Waals surface area contributed by atoms with Crippen LogP contribution in [-0.2, 0) is 0 Å². The number of hydrogen-bond acceptors (Lipinski definition) is 5. The molecule has 0 amide bonds. The van der Waals surface area contributed by atoms with Gasteiger partial charge in [0.15, 0.2) is 17.4 Å². The van der Waals surface area contributed by atoms with Gasteiger partial charge in [0.2, 0.25) is 5.82 Å². The molecule has 0 bridgehead atoms. The van der Waals surface area contributed by atoms with Crippen molar-refractivity contribution in [2.24, 2.45) is 0 Å². The summed E-state index contributed by atoms with van der Waals surface area (Å²) in [6, 6.07) is 6.17. The Morgan fingerprint density at radius 3 is 2.71 bits per heavy atom. The first kappa shape index (κ1) is 13.5. The van der Waals surface area contributed by atoms with Gasteiger partial charge in [-0.3, -0.25) is 0 Å². The van der Waals surface area contributed by atoms with Gasteiger partial charge in [0.1, 0.15) is 5.52 Å². The summed E-state index contributed by atoms with van der Waals surface area (Å²) >= 11 is 0.973. The van der Waals surface area contributed by atoms with E-state index in [1.807, 2.05) is 0 Å². The number of carbonyl (C=O) groups excluding carboxylic acids is 1. The van der Waals surface area contributed by atoms with Crippen LogP contribution in [0, 0.1) is 17.5 Å². The molecule has 21 heavy (non-hydrogen) atoms. The molecule has 8 heteroatoms. The molecule has 4 nitrogen and oxygen atoms in total. The summed E-state index contributed by atoms with van der Waals surface area (Å²) in [4.78, 5) is 12.0. The van der Waals surface area contributed by atoms with Crippen LogP contribution in [-0.4, -0.2) is 15.6 Å². The fourth-order valence-electron chi connectivity index (χ4n) is 1.71. The molecule has 1 heterocycles. The van der Waals surface area contributed by atoms with Crippen molar-refractivity contribution in [3.05, 3.63) is 53.3 Å². The lowest BCUT2D eigenvalue weighted by molar-refractivity contribution is 0.0728. The number of fused-ring (bicyclic) bond motifs is 1. The predicted molar refractivity (Wildman–Crippen MR) is 68.7 cm³/mol. The second-order valence-electron chi connectivity index (χ2n) is 3.99. The monoisotopic (exact) mass is 310 g/mol. The van der Waals surface area contributed by atoms with Crippen LogP contribution >= 0.6 is 11.5 Å². The van der Waals surface area contributed by atoms with Crippen molar-refractivity contribution in [1.82, 2.24) is 9.59 Å². The summed E-state index contributed by atoms with van der Waals surface area (Å²) in [6.45, 7) is 0. The van der Waals surface area contributed by atoms with Crippen LogP contribution in [0.15, 0.2) is 30.3 Å². The summed E-state index contributed by atoms with van der Waals surface area (Å²) < 4.78 is 48.3. The van der Waals surface area contributed by atoms with Gasteiger partial charge in [-0.1, -0.05) is 10.6 Å². The largest absolute Gasteiger partial charge is 0.420 e.